The molecule has 2 atom stereocenters. The quantitative estimate of drug-likeness (QED) is 0.371. The fourth-order valence-electron chi connectivity index (χ4n) is 4.34. The lowest BCUT2D eigenvalue weighted by Gasteiger charge is -2.25. The Balaban J connectivity index is 0.00000208. The van der Waals surface area contributed by atoms with Gasteiger partial charge in [-0.05, 0) is 46.1 Å². The van der Waals surface area contributed by atoms with Crippen LogP contribution in [0.4, 0.5) is 0 Å². The van der Waals surface area contributed by atoms with Crippen molar-refractivity contribution in [3.8, 4) is 0 Å². The molecule has 0 aromatic rings. The van der Waals surface area contributed by atoms with Crippen LogP contribution >= 0.6 is 24.0 Å². The average Bonchev–Trinajstić information content (AvgIpc) is 3.09. The Bertz CT molecular complexity index is 406. The van der Waals surface area contributed by atoms with Gasteiger partial charge in [0.1, 0.15) is 0 Å². The third-order valence-electron chi connectivity index (χ3n) is 5.91. The van der Waals surface area contributed by atoms with E-state index < -0.39 is 0 Å². The van der Waals surface area contributed by atoms with E-state index in [2.05, 4.69) is 39.4 Å². The van der Waals surface area contributed by atoms with Gasteiger partial charge >= 0.3 is 0 Å². The normalized spacial score (nSPS) is 29.1. The highest BCUT2D eigenvalue weighted by atomic mass is 127. The molecular weight excluding hydrogens is 413 g/mol. The maximum atomic E-state index is 4.41. The fraction of sp³-hybridized carbons (Fsp3) is 0.944. The summed E-state index contributed by atoms with van der Waals surface area (Å²) in [5, 5.41) is 7.13. The smallest absolute Gasteiger partial charge is 0.191 e. The minimum Gasteiger partial charge on any atom is -0.355 e. The van der Waals surface area contributed by atoms with Gasteiger partial charge in [0.25, 0.3) is 0 Å². The van der Waals surface area contributed by atoms with E-state index in [0.29, 0.717) is 12.1 Å². The second kappa shape index (κ2) is 9.57. The van der Waals surface area contributed by atoms with E-state index in [1.54, 1.807) is 0 Å². The number of nitrogens with zero attached hydrogens (tertiary/aromatic N) is 3. The van der Waals surface area contributed by atoms with Gasteiger partial charge in [-0.3, -0.25) is 9.89 Å². The van der Waals surface area contributed by atoms with Gasteiger partial charge < -0.3 is 15.5 Å². The molecule has 5 nitrogen and oxygen atoms in total. The Morgan fingerprint density at radius 2 is 1.92 bits per heavy atom. The third kappa shape index (κ3) is 5.46. The molecular formula is C18H36IN5. The van der Waals surface area contributed by atoms with Crippen LogP contribution in [-0.4, -0.2) is 73.7 Å². The van der Waals surface area contributed by atoms with Crippen LogP contribution in [0.15, 0.2) is 4.99 Å². The molecule has 3 fully saturated rings. The van der Waals surface area contributed by atoms with Crippen LogP contribution in [-0.2, 0) is 0 Å². The Hall–Kier alpha value is -0.0800. The maximum Gasteiger partial charge on any atom is 0.191 e. The Labute approximate surface area is 165 Å². The van der Waals surface area contributed by atoms with E-state index in [9.17, 15) is 0 Å². The summed E-state index contributed by atoms with van der Waals surface area (Å²) in [5.74, 6) is 0.972. The number of nitrogens with one attached hydrogen (secondary N) is 2. The number of aliphatic imine (C=N–C) groups is 1. The SMILES string of the molecule is CN=C(NCCN(C)C1CCCC1)NC1CC(C)N(C2CC2)C1.I. The monoisotopic (exact) mass is 449 g/mol. The van der Waals surface area contributed by atoms with Crippen LogP contribution in [0.25, 0.3) is 0 Å². The summed E-state index contributed by atoms with van der Waals surface area (Å²) in [6, 6.07) is 2.93. The summed E-state index contributed by atoms with van der Waals surface area (Å²) in [5.41, 5.74) is 0. The van der Waals surface area contributed by atoms with E-state index >= 15 is 0 Å². The summed E-state index contributed by atoms with van der Waals surface area (Å²) in [4.78, 5) is 9.61. The molecule has 2 unspecified atom stereocenters. The van der Waals surface area contributed by atoms with Crippen molar-refractivity contribution < 1.29 is 0 Å². The summed E-state index contributed by atoms with van der Waals surface area (Å²) in [7, 11) is 4.15. The van der Waals surface area contributed by atoms with Crippen molar-refractivity contribution in [1.29, 1.82) is 0 Å². The van der Waals surface area contributed by atoms with Gasteiger partial charge in [-0.1, -0.05) is 12.8 Å². The first-order valence-corrected chi connectivity index (χ1v) is 9.60. The summed E-state index contributed by atoms with van der Waals surface area (Å²) in [6.45, 7) is 5.61. The lowest BCUT2D eigenvalue weighted by molar-refractivity contribution is 0.249. The van der Waals surface area contributed by atoms with E-state index in [1.165, 1.54) is 51.5 Å². The van der Waals surface area contributed by atoms with Crippen LogP contribution in [0.3, 0.4) is 0 Å². The lowest BCUT2D eigenvalue weighted by Crippen LogP contribution is -2.47. The largest absolute Gasteiger partial charge is 0.355 e. The second-order valence-electron chi connectivity index (χ2n) is 7.77. The van der Waals surface area contributed by atoms with Gasteiger partial charge in [-0.2, -0.15) is 0 Å². The zero-order chi connectivity index (χ0) is 16.2. The van der Waals surface area contributed by atoms with E-state index in [4.69, 9.17) is 0 Å². The topological polar surface area (TPSA) is 42.9 Å². The first-order valence-electron chi connectivity index (χ1n) is 9.60. The van der Waals surface area contributed by atoms with E-state index in [1.807, 2.05) is 7.05 Å². The second-order valence-corrected chi connectivity index (χ2v) is 7.77. The molecule has 6 heteroatoms. The van der Waals surface area contributed by atoms with Crippen molar-refractivity contribution in [2.75, 3.05) is 33.7 Å². The summed E-state index contributed by atoms with van der Waals surface area (Å²) in [6.07, 6.45) is 9.60. The molecule has 1 saturated heterocycles. The van der Waals surface area contributed by atoms with Crippen LogP contribution in [0.2, 0.25) is 0 Å². The number of guanidine groups is 1. The molecule has 0 spiro atoms. The molecule has 140 valence electrons. The molecule has 3 aliphatic rings. The number of rotatable bonds is 6. The molecule has 2 N–H and O–H groups in total. The first-order chi connectivity index (χ1) is 11.2. The van der Waals surface area contributed by atoms with Crippen LogP contribution in [0.5, 0.6) is 0 Å². The first kappa shape index (κ1) is 20.2. The minimum absolute atomic E-state index is 0. The van der Waals surface area contributed by atoms with Crippen molar-refractivity contribution in [2.24, 2.45) is 4.99 Å². The molecule has 24 heavy (non-hydrogen) atoms. The minimum atomic E-state index is 0. The third-order valence-corrected chi connectivity index (χ3v) is 5.91. The predicted molar refractivity (Wildman–Crippen MR) is 112 cm³/mol. The van der Waals surface area contributed by atoms with Gasteiger partial charge in [0.2, 0.25) is 0 Å². The fourth-order valence-corrected chi connectivity index (χ4v) is 4.34. The Morgan fingerprint density at radius 3 is 2.54 bits per heavy atom. The molecule has 0 aromatic heterocycles. The molecule has 0 bridgehead atoms. The van der Waals surface area contributed by atoms with Crippen molar-refractivity contribution in [3.63, 3.8) is 0 Å². The predicted octanol–water partition coefficient (Wildman–Crippen LogP) is 2.27. The zero-order valence-corrected chi connectivity index (χ0v) is 18.0. The van der Waals surface area contributed by atoms with Gasteiger partial charge in [0.05, 0.1) is 0 Å². The van der Waals surface area contributed by atoms with E-state index in [-0.39, 0.29) is 24.0 Å². The van der Waals surface area contributed by atoms with Crippen LogP contribution in [0.1, 0.15) is 51.9 Å². The summed E-state index contributed by atoms with van der Waals surface area (Å²) < 4.78 is 0. The van der Waals surface area contributed by atoms with Crippen molar-refractivity contribution in [1.82, 2.24) is 20.4 Å². The van der Waals surface area contributed by atoms with Crippen LogP contribution in [0, 0.1) is 0 Å². The van der Waals surface area contributed by atoms with Gasteiger partial charge in [-0.15, -0.1) is 24.0 Å². The molecule has 1 aliphatic heterocycles. The Morgan fingerprint density at radius 1 is 1.21 bits per heavy atom. The maximum absolute atomic E-state index is 4.41. The number of hydrogen-bond donors (Lipinski definition) is 2. The number of hydrogen-bond acceptors (Lipinski definition) is 3. The van der Waals surface area contributed by atoms with Crippen molar-refractivity contribution in [2.45, 2.75) is 76.0 Å². The van der Waals surface area contributed by atoms with Gasteiger partial charge in [0, 0.05) is 50.8 Å². The van der Waals surface area contributed by atoms with Gasteiger partial charge in [0.15, 0.2) is 5.96 Å². The molecule has 0 amide bonds. The number of likely N-dealkylation sites (tertiary alicyclic amines) is 1. The Kier molecular flexibility index (Phi) is 8.07. The molecule has 0 radical (unpaired) electrons. The molecule has 2 aliphatic carbocycles. The van der Waals surface area contributed by atoms with Gasteiger partial charge in [-0.25, -0.2) is 0 Å². The lowest BCUT2D eigenvalue weighted by atomic mass is 10.2. The zero-order valence-electron chi connectivity index (χ0n) is 15.6. The van der Waals surface area contributed by atoms with Crippen molar-refractivity contribution >= 4 is 29.9 Å². The van der Waals surface area contributed by atoms with Crippen LogP contribution < -0.4 is 10.6 Å². The molecule has 2 saturated carbocycles. The number of halogens is 1. The highest BCUT2D eigenvalue weighted by Crippen LogP contribution is 2.33. The highest BCUT2D eigenvalue weighted by molar-refractivity contribution is 14.0. The summed E-state index contributed by atoms with van der Waals surface area (Å²) >= 11 is 0. The van der Waals surface area contributed by atoms with E-state index in [0.717, 1.165) is 31.1 Å². The standard InChI is InChI=1S/C18H35N5.HI/c1-14-12-15(13-23(14)17-8-9-17)21-18(19-2)20-10-11-22(3)16-6-4-5-7-16;/h14-17H,4-13H2,1-3H3,(H2,19,20,21);1H. The van der Waals surface area contributed by atoms with Crippen molar-refractivity contribution in [3.05, 3.63) is 0 Å². The molecule has 3 rings (SSSR count). The molecule has 1 heterocycles. The highest BCUT2D eigenvalue weighted by Gasteiger charge is 2.38. The molecule has 0 aromatic carbocycles. The number of likely N-dealkylation sites (N-methyl/N-ethyl adjacent to an activating group) is 1. The average molecular weight is 449 g/mol.